The van der Waals surface area contributed by atoms with Gasteiger partial charge in [0.1, 0.15) is 29.3 Å². The first-order chi connectivity index (χ1) is 36.5. The fourth-order valence-corrected chi connectivity index (χ4v) is 10.8. The third-order valence-electron chi connectivity index (χ3n) is 12.7. The number of hydrogen-bond acceptors (Lipinski definition) is 13. The number of carbonyl (C=O) groups excluding carboxylic acids is 2. The van der Waals surface area contributed by atoms with Crippen LogP contribution in [-0.4, -0.2) is 79.9 Å². The topological polar surface area (TPSA) is 195 Å². The van der Waals surface area contributed by atoms with Crippen molar-refractivity contribution in [3.8, 4) is 17.6 Å². The van der Waals surface area contributed by atoms with Crippen molar-refractivity contribution < 1.29 is 32.8 Å². The van der Waals surface area contributed by atoms with Crippen molar-refractivity contribution in [2.75, 3.05) is 20.8 Å². The molecular formula is C58H61N6O11P. The molecule has 0 aliphatic heterocycles. The number of nitrogens with zero attached hydrogens (tertiary/aromatic N) is 6. The van der Waals surface area contributed by atoms with E-state index in [4.69, 9.17) is 23.3 Å². The van der Waals surface area contributed by atoms with Crippen LogP contribution in [0.4, 0.5) is 0 Å². The average Bonchev–Trinajstić information content (AvgIpc) is 3.44. The van der Waals surface area contributed by atoms with Gasteiger partial charge in [0.25, 0.3) is 31.5 Å². The SMILES string of the molecule is COc1ccc(C(O[C@@H](Cn2cc(C)c(=O)n(C(=O)c3ccccc3)c2=O)[C@H](Cn2cc(C)c(=O)n(C(=O)c3ccccc3)c2=O)OP(OCCC#N)N(C(C)C)C(C)C)(c2ccccc2)c2ccc(OC)cc2)cc1. The van der Waals surface area contributed by atoms with E-state index >= 15 is 4.79 Å². The molecule has 0 saturated heterocycles. The molecule has 7 rings (SSSR count). The Morgan fingerprint density at radius 3 is 1.38 bits per heavy atom. The Labute approximate surface area is 441 Å². The van der Waals surface area contributed by atoms with Crippen LogP contribution in [0.1, 0.15) is 82.6 Å². The van der Waals surface area contributed by atoms with Crippen molar-refractivity contribution in [2.45, 2.75) is 90.9 Å². The van der Waals surface area contributed by atoms with E-state index in [0.29, 0.717) is 37.3 Å². The summed E-state index contributed by atoms with van der Waals surface area (Å²) in [5.74, 6) is -0.633. The molecule has 3 atom stereocenters. The third-order valence-corrected chi connectivity index (χ3v) is 14.8. The van der Waals surface area contributed by atoms with Gasteiger partial charge in [0.05, 0.1) is 46.4 Å². The average molecular weight is 1050 g/mol. The minimum absolute atomic E-state index is 0.000251. The van der Waals surface area contributed by atoms with Gasteiger partial charge in [0.2, 0.25) is 0 Å². The van der Waals surface area contributed by atoms with Gasteiger partial charge in [-0.05, 0) is 107 Å². The lowest BCUT2D eigenvalue weighted by atomic mass is 9.79. The van der Waals surface area contributed by atoms with E-state index in [2.05, 4.69) is 6.07 Å². The molecular weight excluding hydrogens is 988 g/mol. The molecule has 0 spiro atoms. The molecule has 0 N–H and O–H groups in total. The molecule has 0 bridgehead atoms. The quantitative estimate of drug-likeness (QED) is 0.0359. The predicted octanol–water partition coefficient (Wildman–Crippen LogP) is 8.08. The van der Waals surface area contributed by atoms with Gasteiger partial charge in [-0.2, -0.15) is 14.4 Å². The Bertz CT molecular complexity index is 3350. The number of ether oxygens (including phenoxy) is 3. The first kappa shape index (κ1) is 55.9. The lowest BCUT2D eigenvalue weighted by Gasteiger charge is -2.43. The Morgan fingerprint density at radius 1 is 0.592 bits per heavy atom. The smallest absolute Gasteiger partial charge is 0.338 e. The molecule has 0 aliphatic rings. The Hall–Kier alpha value is -7.84. The lowest BCUT2D eigenvalue weighted by molar-refractivity contribution is -0.108. The minimum Gasteiger partial charge on any atom is -0.497 e. The van der Waals surface area contributed by atoms with Crippen LogP contribution in [-0.2, 0) is 32.5 Å². The van der Waals surface area contributed by atoms with Crippen LogP contribution in [0, 0.1) is 25.2 Å². The molecule has 1 unspecified atom stereocenters. The second-order valence-corrected chi connectivity index (χ2v) is 19.9. The standard InChI is InChI=1S/C58H61N6O11P/c1-39(2)64(40(3)4)76(73-34-18-33-59)75-51(38-61-36-42(6)53(66)63(57(61)70)55(68)44-21-14-10-15-22-44)50(37-60-35-41(5)52(65)62(56(60)69)54(67)43-19-12-9-13-20-43)74-58(45-23-16-11-17-24-45,46-25-29-48(71-7)30-26-46)47-27-31-49(72-8)32-28-47/h9-17,19-32,35-36,39-40,50-51H,18,34,37-38H2,1-8H3/t50-,51-,76?/m0/s1. The van der Waals surface area contributed by atoms with E-state index in [1.54, 1.807) is 74.9 Å². The zero-order valence-electron chi connectivity index (χ0n) is 43.7. The molecule has 76 heavy (non-hydrogen) atoms. The third kappa shape index (κ3) is 12.1. The molecule has 0 amide bonds. The maximum atomic E-state index is 15.1. The summed E-state index contributed by atoms with van der Waals surface area (Å²) in [7, 11) is 0.900. The van der Waals surface area contributed by atoms with Crippen LogP contribution in [0.25, 0.3) is 0 Å². The van der Waals surface area contributed by atoms with Crippen LogP contribution in [0.3, 0.4) is 0 Å². The molecule has 5 aromatic carbocycles. The van der Waals surface area contributed by atoms with Crippen molar-refractivity contribution in [3.63, 3.8) is 0 Å². The number of rotatable bonds is 22. The van der Waals surface area contributed by atoms with E-state index in [0.717, 1.165) is 0 Å². The zero-order chi connectivity index (χ0) is 54.7. The number of nitriles is 1. The Kier molecular flexibility index (Phi) is 18.5. The van der Waals surface area contributed by atoms with E-state index in [-0.39, 0.29) is 47.4 Å². The Balaban J connectivity index is 1.58. The van der Waals surface area contributed by atoms with Gasteiger partial charge in [-0.15, -0.1) is 0 Å². The molecule has 0 fully saturated rings. The number of methoxy groups -OCH3 is 2. The summed E-state index contributed by atoms with van der Waals surface area (Å²) in [4.78, 5) is 86.4. The van der Waals surface area contributed by atoms with Gasteiger partial charge in [-0.25, -0.2) is 14.3 Å². The first-order valence-electron chi connectivity index (χ1n) is 24.7. The van der Waals surface area contributed by atoms with E-state index < -0.39 is 73.7 Å². The highest BCUT2D eigenvalue weighted by Crippen LogP contribution is 2.49. The maximum Gasteiger partial charge on any atom is 0.338 e. The maximum absolute atomic E-state index is 15.1. The van der Waals surface area contributed by atoms with Gasteiger partial charge in [-0.3, -0.25) is 28.3 Å². The minimum atomic E-state index is -2.20. The molecule has 2 heterocycles. The second kappa shape index (κ2) is 25.1. The number of aryl methyl sites for hydroxylation is 2. The number of aromatic nitrogens is 4. The number of benzene rings is 5. The Morgan fingerprint density at radius 2 is 0.987 bits per heavy atom. The van der Waals surface area contributed by atoms with E-state index in [1.807, 2.05) is 87.0 Å². The van der Waals surface area contributed by atoms with Gasteiger partial charge < -0.3 is 23.3 Å². The monoisotopic (exact) mass is 1050 g/mol. The molecule has 7 aromatic rings. The summed E-state index contributed by atoms with van der Waals surface area (Å²) < 4.78 is 38.5. The van der Waals surface area contributed by atoms with Crippen molar-refractivity contribution >= 4 is 20.3 Å². The summed E-state index contributed by atoms with van der Waals surface area (Å²) in [6, 6.07) is 41.4. The first-order valence-corrected chi connectivity index (χ1v) is 25.8. The fourth-order valence-electron chi connectivity index (χ4n) is 9.01. The molecule has 394 valence electrons. The molecule has 18 heteroatoms. The second-order valence-electron chi connectivity index (χ2n) is 18.5. The summed E-state index contributed by atoms with van der Waals surface area (Å²) >= 11 is 0. The number of hydrogen-bond donors (Lipinski definition) is 0. The largest absolute Gasteiger partial charge is 0.497 e. The molecule has 0 aliphatic carbocycles. The van der Waals surface area contributed by atoms with Gasteiger partial charge in [0, 0.05) is 46.7 Å². The van der Waals surface area contributed by atoms with Crippen LogP contribution < -0.4 is 32.0 Å². The highest BCUT2D eigenvalue weighted by molar-refractivity contribution is 7.44. The zero-order valence-corrected chi connectivity index (χ0v) is 44.6. The van der Waals surface area contributed by atoms with Gasteiger partial charge in [0.15, 0.2) is 0 Å². The van der Waals surface area contributed by atoms with Crippen molar-refractivity contribution in [1.82, 2.24) is 22.9 Å². The van der Waals surface area contributed by atoms with Gasteiger partial charge in [-0.1, -0.05) is 91.0 Å². The molecule has 2 aromatic heterocycles. The molecule has 0 saturated carbocycles. The summed E-state index contributed by atoms with van der Waals surface area (Å²) in [5.41, 5.74) is -3.25. The van der Waals surface area contributed by atoms with E-state index in [1.165, 1.54) is 59.6 Å². The van der Waals surface area contributed by atoms with Crippen molar-refractivity contribution in [2.24, 2.45) is 0 Å². The van der Waals surface area contributed by atoms with Crippen molar-refractivity contribution in [3.05, 3.63) is 233 Å². The fraction of sp³-hybridized carbons (Fsp3) is 0.293. The highest BCUT2D eigenvalue weighted by Gasteiger charge is 2.44. The summed E-state index contributed by atoms with van der Waals surface area (Å²) in [5, 5.41) is 9.73. The van der Waals surface area contributed by atoms with E-state index in [9.17, 15) is 29.2 Å². The molecule has 17 nitrogen and oxygen atoms in total. The van der Waals surface area contributed by atoms with Crippen LogP contribution in [0.2, 0.25) is 0 Å². The van der Waals surface area contributed by atoms with Crippen LogP contribution in [0.5, 0.6) is 11.5 Å². The highest BCUT2D eigenvalue weighted by atomic mass is 31.2. The number of carbonyl (C=O) groups is 2. The van der Waals surface area contributed by atoms with Gasteiger partial charge >= 0.3 is 11.4 Å². The van der Waals surface area contributed by atoms with Crippen LogP contribution >= 0.6 is 8.53 Å². The summed E-state index contributed by atoms with van der Waals surface area (Å²) in [6.45, 7) is 9.85. The molecule has 0 radical (unpaired) electrons. The van der Waals surface area contributed by atoms with Crippen LogP contribution in [0.15, 0.2) is 171 Å². The predicted molar refractivity (Wildman–Crippen MR) is 289 cm³/mol. The summed E-state index contributed by atoms with van der Waals surface area (Å²) in [6.07, 6.45) is -0.129. The van der Waals surface area contributed by atoms with Crippen molar-refractivity contribution in [1.29, 1.82) is 5.26 Å². The normalized spacial score (nSPS) is 12.8. The lowest BCUT2D eigenvalue weighted by Crippen LogP contribution is -2.51.